The lowest BCUT2D eigenvalue weighted by Gasteiger charge is -2.27. The van der Waals surface area contributed by atoms with Crippen molar-refractivity contribution in [2.75, 3.05) is 12.4 Å². The summed E-state index contributed by atoms with van der Waals surface area (Å²) >= 11 is 0. The average Bonchev–Trinajstić information content (AvgIpc) is 2.88. The topological polar surface area (TPSA) is 133 Å². The third-order valence-electron chi connectivity index (χ3n) is 5.67. The summed E-state index contributed by atoms with van der Waals surface area (Å²) in [6.07, 6.45) is -3.77. The summed E-state index contributed by atoms with van der Waals surface area (Å²) in [5.74, 6) is -5.03. The number of carbonyl (C=O) groups is 4. The van der Waals surface area contributed by atoms with Gasteiger partial charge in [0.25, 0.3) is 18.2 Å². The standard InChI is InChI=1S/C26H21F3N2O6/c1-13-3-7-16(8-4-13)31-22(33)18-10-6-15(12-20(18)24(36)37)26(29,25(27)28)14-5-9-17(21(32)30-2)19(11-14)23(34)35/h3-12,25H,1-2H3,(H,30,32)(H,31,33)(H,34,35)(H,36,37). The number of benzene rings is 3. The molecule has 11 heteroatoms. The van der Waals surface area contributed by atoms with Gasteiger partial charge in [0.1, 0.15) is 0 Å². The first-order chi connectivity index (χ1) is 17.4. The third kappa shape index (κ3) is 5.30. The number of nitrogens with one attached hydrogen (secondary N) is 2. The quantitative estimate of drug-likeness (QED) is 0.350. The number of anilines is 1. The van der Waals surface area contributed by atoms with E-state index in [2.05, 4.69) is 10.6 Å². The molecule has 0 aromatic heterocycles. The smallest absolute Gasteiger partial charge is 0.336 e. The minimum Gasteiger partial charge on any atom is -0.478 e. The molecule has 3 aromatic rings. The Bertz CT molecular complexity index is 1390. The fourth-order valence-corrected chi connectivity index (χ4v) is 3.68. The van der Waals surface area contributed by atoms with Gasteiger partial charge >= 0.3 is 11.9 Å². The number of aromatic carboxylic acids is 2. The van der Waals surface area contributed by atoms with Crippen molar-refractivity contribution in [1.29, 1.82) is 0 Å². The second-order valence-corrected chi connectivity index (χ2v) is 8.04. The maximum atomic E-state index is 16.1. The summed E-state index contributed by atoms with van der Waals surface area (Å²) in [6.45, 7) is 1.82. The predicted molar refractivity (Wildman–Crippen MR) is 127 cm³/mol. The molecule has 0 spiro atoms. The van der Waals surface area contributed by atoms with Crippen molar-refractivity contribution in [3.05, 3.63) is 99.6 Å². The molecule has 8 nitrogen and oxygen atoms in total. The molecule has 2 amide bonds. The van der Waals surface area contributed by atoms with Gasteiger partial charge in [0, 0.05) is 23.9 Å². The Labute approximate surface area is 208 Å². The molecule has 0 aliphatic carbocycles. The fourth-order valence-electron chi connectivity index (χ4n) is 3.68. The number of carboxylic acid groups (broad SMARTS) is 2. The SMILES string of the molecule is CNC(=O)c1ccc(C(F)(c2ccc(C(=O)Nc3ccc(C)cc3)c(C(=O)O)c2)C(F)F)cc1C(=O)O. The van der Waals surface area contributed by atoms with E-state index in [0.29, 0.717) is 17.8 Å². The zero-order valence-electron chi connectivity index (χ0n) is 19.5. The van der Waals surface area contributed by atoms with Gasteiger partial charge in [-0.3, -0.25) is 9.59 Å². The highest BCUT2D eigenvalue weighted by molar-refractivity contribution is 6.11. The van der Waals surface area contributed by atoms with E-state index in [1.165, 1.54) is 7.05 Å². The van der Waals surface area contributed by atoms with Gasteiger partial charge in [-0.25, -0.2) is 22.8 Å². The molecule has 3 aromatic carbocycles. The van der Waals surface area contributed by atoms with Gasteiger partial charge in [0.05, 0.1) is 22.3 Å². The molecule has 192 valence electrons. The van der Waals surface area contributed by atoms with E-state index in [9.17, 15) is 38.2 Å². The maximum absolute atomic E-state index is 16.1. The van der Waals surface area contributed by atoms with Gasteiger partial charge in [-0.15, -0.1) is 0 Å². The molecule has 0 heterocycles. The summed E-state index contributed by atoms with van der Waals surface area (Å²) in [4.78, 5) is 48.2. The average molecular weight is 514 g/mol. The van der Waals surface area contributed by atoms with Gasteiger partial charge in [-0.2, -0.15) is 0 Å². The summed E-state index contributed by atoms with van der Waals surface area (Å²) < 4.78 is 44.5. The molecule has 0 bridgehead atoms. The van der Waals surface area contributed by atoms with Crippen LogP contribution in [0.15, 0.2) is 60.7 Å². The number of amides is 2. The number of carbonyl (C=O) groups excluding carboxylic acids is 2. The lowest BCUT2D eigenvalue weighted by molar-refractivity contribution is -0.0103. The van der Waals surface area contributed by atoms with Gasteiger partial charge in [0.15, 0.2) is 0 Å². The van der Waals surface area contributed by atoms with E-state index in [-0.39, 0.29) is 5.56 Å². The largest absolute Gasteiger partial charge is 0.478 e. The maximum Gasteiger partial charge on any atom is 0.336 e. The van der Waals surface area contributed by atoms with E-state index in [1.54, 1.807) is 24.3 Å². The summed E-state index contributed by atoms with van der Waals surface area (Å²) in [5, 5.41) is 23.8. The highest BCUT2D eigenvalue weighted by Crippen LogP contribution is 2.41. The Hall–Kier alpha value is -4.67. The van der Waals surface area contributed by atoms with Crippen LogP contribution in [0.3, 0.4) is 0 Å². The van der Waals surface area contributed by atoms with Gasteiger partial charge in [0.2, 0.25) is 5.67 Å². The second-order valence-electron chi connectivity index (χ2n) is 8.04. The fraction of sp³-hybridized carbons (Fsp3) is 0.154. The molecule has 0 fully saturated rings. The van der Waals surface area contributed by atoms with E-state index in [4.69, 9.17) is 0 Å². The van der Waals surface area contributed by atoms with Crippen molar-refractivity contribution < 1.29 is 42.6 Å². The monoisotopic (exact) mass is 514 g/mol. The molecule has 0 saturated carbocycles. The van der Waals surface area contributed by atoms with Gasteiger partial charge in [-0.1, -0.05) is 29.8 Å². The number of rotatable bonds is 8. The van der Waals surface area contributed by atoms with E-state index in [1.807, 2.05) is 6.92 Å². The number of halogens is 3. The molecular weight excluding hydrogens is 493 g/mol. The van der Waals surface area contributed by atoms with Crippen LogP contribution < -0.4 is 10.6 Å². The van der Waals surface area contributed by atoms with Crippen molar-refractivity contribution in [3.8, 4) is 0 Å². The number of hydrogen-bond acceptors (Lipinski definition) is 4. The van der Waals surface area contributed by atoms with Crippen LogP contribution in [0.2, 0.25) is 0 Å². The molecule has 0 radical (unpaired) electrons. The van der Waals surface area contributed by atoms with Crippen LogP contribution in [-0.4, -0.2) is 47.4 Å². The molecular formula is C26H21F3N2O6. The minimum atomic E-state index is -3.77. The molecule has 37 heavy (non-hydrogen) atoms. The van der Waals surface area contributed by atoms with Crippen molar-refractivity contribution in [1.82, 2.24) is 5.32 Å². The molecule has 0 aliphatic rings. The number of carboxylic acids is 2. The van der Waals surface area contributed by atoms with E-state index in [0.717, 1.165) is 29.8 Å². The number of hydrogen-bond donors (Lipinski definition) is 4. The highest BCUT2D eigenvalue weighted by atomic mass is 19.3. The van der Waals surface area contributed by atoms with E-state index >= 15 is 4.39 Å². The zero-order chi connectivity index (χ0) is 27.5. The van der Waals surface area contributed by atoms with Crippen LogP contribution in [0.25, 0.3) is 0 Å². The van der Waals surface area contributed by atoms with Crippen LogP contribution in [0.4, 0.5) is 18.9 Å². The van der Waals surface area contributed by atoms with Gasteiger partial charge < -0.3 is 20.8 Å². The summed E-state index contributed by atoms with van der Waals surface area (Å²) in [6, 6.07) is 11.2. The Balaban J connectivity index is 2.12. The van der Waals surface area contributed by atoms with Crippen LogP contribution in [0, 0.1) is 6.92 Å². The second kappa shape index (κ2) is 10.5. The molecule has 0 aliphatic heterocycles. The molecule has 3 rings (SSSR count). The van der Waals surface area contributed by atoms with Gasteiger partial charge in [-0.05, 0) is 43.3 Å². The van der Waals surface area contributed by atoms with E-state index < -0.39 is 63.7 Å². The first-order valence-corrected chi connectivity index (χ1v) is 10.7. The Morgan fingerprint density at radius 1 is 0.757 bits per heavy atom. The first-order valence-electron chi connectivity index (χ1n) is 10.7. The normalized spacial score (nSPS) is 12.5. The number of aryl methyl sites for hydroxylation is 1. The minimum absolute atomic E-state index is 0.348. The molecule has 1 unspecified atom stereocenters. The van der Waals surface area contributed by atoms with Crippen molar-refractivity contribution in [3.63, 3.8) is 0 Å². The zero-order valence-corrected chi connectivity index (χ0v) is 19.5. The van der Waals surface area contributed by atoms with Crippen molar-refractivity contribution in [2.45, 2.75) is 19.0 Å². The highest BCUT2D eigenvalue weighted by Gasteiger charge is 2.45. The van der Waals surface area contributed by atoms with Crippen molar-refractivity contribution in [2.24, 2.45) is 0 Å². The first kappa shape index (κ1) is 26.9. The number of alkyl halides is 3. The van der Waals surface area contributed by atoms with Crippen molar-refractivity contribution >= 4 is 29.4 Å². The molecule has 0 saturated heterocycles. The van der Waals surface area contributed by atoms with Crippen LogP contribution in [0.1, 0.15) is 58.1 Å². The molecule has 1 atom stereocenters. The van der Waals surface area contributed by atoms with Crippen LogP contribution in [-0.2, 0) is 5.67 Å². The molecule has 4 N–H and O–H groups in total. The Morgan fingerprint density at radius 3 is 1.62 bits per heavy atom. The lowest BCUT2D eigenvalue weighted by Crippen LogP contribution is -2.32. The van der Waals surface area contributed by atoms with Crippen LogP contribution in [0.5, 0.6) is 0 Å². The predicted octanol–water partition coefficient (Wildman–Crippen LogP) is 4.48. The Kier molecular flexibility index (Phi) is 7.66. The lowest BCUT2D eigenvalue weighted by atomic mass is 9.84. The summed E-state index contributed by atoms with van der Waals surface area (Å²) in [7, 11) is 1.23. The Morgan fingerprint density at radius 2 is 1.22 bits per heavy atom. The van der Waals surface area contributed by atoms with Crippen LogP contribution >= 0.6 is 0 Å². The summed E-state index contributed by atoms with van der Waals surface area (Å²) in [5.41, 5.74) is -6.31. The third-order valence-corrected chi connectivity index (χ3v) is 5.67.